The zero-order chi connectivity index (χ0) is 7.78. The van der Waals surface area contributed by atoms with E-state index in [4.69, 9.17) is 10.5 Å². The van der Waals surface area contributed by atoms with Gasteiger partial charge in [-0.25, -0.2) is 0 Å². The molecule has 0 aromatic rings. The summed E-state index contributed by atoms with van der Waals surface area (Å²) in [6.07, 6.45) is 1.33. The highest BCUT2D eigenvalue weighted by Gasteiger charge is 2.27. The summed E-state index contributed by atoms with van der Waals surface area (Å²) in [5.74, 6) is 0. The largest absolute Gasteiger partial charge is 0.373 e. The van der Waals surface area contributed by atoms with E-state index in [2.05, 4.69) is 6.58 Å². The quantitative estimate of drug-likeness (QED) is 0.524. The predicted molar refractivity (Wildman–Crippen MR) is 49.0 cm³/mol. The zero-order valence-corrected chi connectivity index (χ0v) is 7.91. The van der Waals surface area contributed by atoms with Gasteiger partial charge in [0.2, 0.25) is 0 Å². The molecule has 1 heterocycles. The molecule has 1 fully saturated rings. The smallest absolute Gasteiger partial charge is 0.0847 e. The van der Waals surface area contributed by atoms with Crippen LogP contribution >= 0.6 is 12.4 Å². The van der Waals surface area contributed by atoms with Gasteiger partial charge in [-0.1, -0.05) is 12.2 Å². The van der Waals surface area contributed by atoms with Crippen molar-refractivity contribution in [1.29, 1.82) is 0 Å². The lowest BCUT2D eigenvalue weighted by molar-refractivity contribution is 0.398. The van der Waals surface area contributed by atoms with Gasteiger partial charge in [0, 0.05) is 5.54 Å². The van der Waals surface area contributed by atoms with Crippen molar-refractivity contribution >= 4 is 12.4 Å². The van der Waals surface area contributed by atoms with E-state index >= 15 is 0 Å². The maximum Gasteiger partial charge on any atom is 0.0847 e. The number of epoxide rings is 1. The average molecular weight is 178 g/mol. The first kappa shape index (κ1) is 11.0. The summed E-state index contributed by atoms with van der Waals surface area (Å²) in [5, 5.41) is 0. The van der Waals surface area contributed by atoms with Crippen LogP contribution < -0.4 is 5.73 Å². The number of rotatable bonds is 3. The number of halogens is 1. The van der Waals surface area contributed by atoms with Crippen molar-refractivity contribution in [2.24, 2.45) is 5.73 Å². The topological polar surface area (TPSA) is 38.5 Å². The Morgan fingerprint density at radius 3 is 2.45 bits per heavy atom. The zero-order valence-electron chi connectivity index (χ0n) is 7.09. The number of hydrogen-bond donors (Lipinski definition) is 1. The van der Waals surface area contributed by atoms with Crippen LogP contribution in [0.25, 0.3) is 0 Å². The van der Waals surface area contributed by atoms with E-state index in [1.165, 1.54) is 0 Å². The van der Waals surface area contributed by atoms with Crippen LogP contribution in [-0.2, 0) is 4.74 Å². The number of ether oxygens (including phenoxy) is 1. The molecule has 11 heavy (non-hydrogen) atoms. The third kappa shape index (κ3) is 3.75. The Kier molecular flexibility index (Phi) is 3.55. The third-order valence-electron chi connectivity index (χ3n) is 1.79. The van der Waals surface area contributed by atoms with Crippen molar-refractivity contribution in [3.05, 3.63) is 12.2 Å². The van der Waals surface area contributed by atoms with Crippen LogP contribution in [0.1, 0.15) is 20.3 Å². The van der Waals surface area contributed by atoms with Gasteiger partial charge in [-0.3, -0.25) is 0 Å². The van der Waals surface area contributed by atoms with Crippen LogP contribution in [0.3, 0.4) is 0 Å². The van der Waals surface area contributed by atoms with Crippen molar-refractivity contribution in [2.75, 3.05) is 6.61 Å². The Morgan fingerprint density at radius 2 is 2.18 bits per heavy atom. The lowest BCUT2D eigenvalue weighted by Crippen LogP contribution is -2.34. The summed E-state index contributed by atoms with van der Waals surface area (Å²) < 4.78 is 5.06. The fourth-order valence-electron chi connectivity index (χ4n) is 0.724. The molecule has 0 spiro atoms. The van der Waals surface area contributed by atoms with Crippen molar-refractivity contribution in [3.63, 3.8) is 0 Å². The van der Waals surface area contributed by atoms with E-state index < -0.39 is 0 Å². The van der Waals surface area contributed by atoms with Crippen molar-refractivity contribution in [2.45, 2.75) is 31.9 Å². The van der Waals surface area contributed by atoms with Crippen molar-refractivity contribution in [3.8, 4) is 0 Å². The van der Waals surface area contributed by atoms with Crippen LogP contribution in [0.2, 0.25) is 0 Å². The van der Waals surface area contributed by atoms with E-state index in [9.17, 15) is 0 Å². The second kappa shape index (κ2) is 3.57. The minimum Gasteiger partial charge on any atom is -0.373 e. The molecule has 1 saturated heterocycles. The Bertz CT molecular complexity index is 147. The molecule has 2 N–H and O–H groups in total. The van der Waals surface area contributed by atoms with E-state index in [1.54, 1.807) is 0 Å². The van der Waals surface area contributed by atoms with Crippen LogP contribution in [0.15, 0.2) is 12.2 Å². The fourth-order valence-corrected chi connectivity index (χ4v) is 0.724. The molecule has 1 rings (SSSR count). The predicted octanol–water partition coefficient (Wildman–Crippen LogP) is 1.49. The minimum absolute atomic E-state index is 0. The van der Waals surface area contributed by atoms with E-state index in [1.807, 2.05) is 13.8 Å². The molecule has 1 aliphatic rings. The molecule has 0 amide bonds. The molecule has 0 aromatic heterocycles. The van der Waals surface area contributed by atoms with E-state index in [0.29, 0.717) is 6.10 Å². The lowest BCUT2D eigenvalue weighted by Gasteiger charge is -2.20. The van der Waals surface area contributed by atoms with Gasteiger partial charge in [-0.15, -0.1) is 12.4 Å². The summed E-state index contributed by atoms with van der Waals surface area (Å²) >= 11 is 0. The maximum absolute atomic E-state index is 5.80. The van der Waals surface area contributed by atoms with Crippen molar-refractivity contribution in [1.82, 2.24) is 0 Å². The Morgan fingerprint density at radius 1 is 1.73 bits per heavy atom. The van der Waals surface area contributed by atoms with Crippen LogP contribution in [0, 0.1) is 0 Å². The molecular weight excluding hydrogens is 162 g/mol. The third-order valence-corrected chi connectivity index (χ3v) is 1.79. The highest BCUT2D eigenvalue weighted by Crippen LogP contribution is 2.23. The minimum atomic E-state index is -0.244. The van der Waals surface area contributed by atoms with Gasteiger partial charge in [-0.05, 0) is 20.3 Å². The van der Waals surface area contributed by atoms with Gasteiger partial charge < -0.3 is 10.5 Å². The normalized spacial score (nSPS) is 22.3. The molecule has 2 nitrogen and oxygen atoms in total. The lowest BCUT2D eigenvalue weighted by atomic mass is 9.93. The summed E-state index contributed by atoms with van der Waals surface area (Å²) in [6, 6.07) is 0. The van der Waals surface area contributed by atoms with Gasteiger partial charge in [0.05, 0.1) is 12.7 Å². The summed E-state index contributed by atoms with van der Waals surface area (Å²) in [4.78, 5) is 0. The molecule has 0 bridgehead atoms. The summed E-state index contributed by atoms with van der Waals surface area (Å²) in [7, 11) is 0. The van der Waals surface area contributed by atoms with Gasteiger partial charge in [0.15, 0.2) is 0 Å². The standard InChI is InChI=1S/C8H15NO.ClH/c1-6(8(2,3)9)4-7-5-10-7;/h7H,1,4-5,9H2,2-3H3;1H. The van der Waals surface area contributed by atoms with Crippen LogP contribution in [0.4, 0.5) is 0 Å². The van der Waals surface area contributed by atoms with Gasteiger partial charge in [0.25, 0.3) is 0 Å². The Labute approximate surface area is 74.2 Å². The SMILES string of the molecule is C=C(CC1CO1)C(C)(C)N.Cl. The molecule has 1 aliphatic heterocycles. The fraction of sp³-hybridized carbons (Fsp3) is 0.750. The van der Waals surface area contributed by atoms with Crippen LogP contribution in [-0.4, -0.2) is 18.2 Å². The van der Waals surface area contributed by atoms with E-state index in [-0.39, 0.29) is 17.9 Å². The highest BCUT2D eigenvalue weighted by molar-refractivity contribution is 5.85. The molecule has 1 atom stereocenters. The molecule has 3 heteroatoms. The second-order valence-corrected chi connectivity index (χ2v) is 3.48. The number of hydrogen-bond acceptors (Lipinski definition) is 2. The first-order chi connectivity index (χ1) is 4.50. The summed E-state index contributed by atoms with van der Waals surface area (Å²) in [6.45, 7) is 8.73. The first-order valence-corrected chi connectivity index (χ1v) is 3.59. The Hall–Kier alpha value is -0.0500. The van der Waals surface area contributed by atoms with Crippen molar-refractivity contribution < 1.29 is 4.74 Å². The molecule has 0 saturated carbocycles. The molecule has 0 aliphatic carbocycles. The van der Waals surface area contributed by atoms with E-state index in [0.717, 1.165) is 18.6 Å². The monoisotopic (exact) mass is 177 g/mol. The second-order valence-electron chi connectivity index (χ2n) is 3.48. The Balaban J connectivity index is 0.000001000. The average Bonchev–Trinajstić information content (AvgIpc) is 2.47. The number of nitrogens with two attached hydrogens (primary N) is 1. The highest BCUT2D eigenvalue weighted by atomic mass is 35.5. The summed E-state index contributed by atoms with van der Waals surface area (Å²) in [5.41, 5.74) is 6.63. The molecule has 0 radical (unpaired) electrons. The molecule has 1 unspecified atom stereocenters. The maximum atomic E-state index is 5.80. The molecule has 0 aromatic carbocycles. The van der Waals surface area contributed by atoms with Crippen LogP contribution in [0.5, 0.6) is 0 Å². The molecule has 66 valence electrons. The van der Waals surface area contributed by atoms with Gasteiger partial charge in [0.1, 0.15) is 0 Å². The van der Waals surface area contributed by atoms with Gasteiger partial charge >= 0.3 is 0 Å². The first-order valence-electron chi connectivity index (χ1n) is 3.59. The van der Waals surface area contributed by atoms with Gasteiger partial charge in [-0.2, -0.15) is 0 Å². The molecular formula is C8H16ClNO.